The second-order valence-electron chi connectivity index (χ2n) is 2.69. The Hall–Kier alpha value is -1.49. The summed E-state index contributed by atoms with van der Waals surface area (Å²) in [6.45, 7) is 2.36. The van der Waals surface area contributed by atoms with Crippen molar-refractivity contribution in [2.75, 3.05) is 6.61 Å². The van der Waals surface area contributed by atoms with Gasteiger partial charge in [-0.3, -0.25) is 5.41 Å². The third-order valence-electron chi connectivity index (χ3n) is 1.81. The van der Waals surface area contributed by atoms with E-state index in [4.69, 9.17) is 10.1 Å². The molecule has 0 saturated heterocycles. The summed E-state index contributed by atoms with van der Waals surface area (Å²) in [5, 5.41) is 11.6. The van der Waals surface area contributed by atoms with E-state index in [0.29, 0.717) is 6.61 Å². The SMILES string of the molecule is CCOC(=N)c1cccc2nnsc12. The zero-order valence-electron chi connectivity index (χ0n) is 7.65. The number of hydrogen-bond acceptors (Lipinski definition) is 5. The summed E-state index contributed by atoms with van der Waals surface area (Å²) >= 11 is 1.29. The van der Waals surface area contributed by atoms with Gasteiger partial charge in [0.1, 0.15) is 5.52 Å². The monoisotopic (exact) mass is 207 g/mol. The number of nitrogens with one attached hydrogen (secondary N) is 1. The van der Waals surface area contributed by atoms with Gasteiger partial charge in [0, 0.05) is 0 Å². The standard InChI is InChI=1S/C9H9N3OS/c1-2-13-9(10)6-4-3-5-7-8(6)14-12-11-7/h3-5,10H,2H2,1H3. The van der Waals surface area contributed by atoms with Gasteiger partial charge in [-0.25, -0.2) is 0 Å². The molecule has 2 aromatic rings. The normalized spacial score (nSPS) is 10.4. The molecule has 0 bridgehead atoms. The number of fused-ring (bicyclic) bond motifs is 1. The van der Waals surface area contributed by atoms with Gasteiger partial charge >= 0.3 is 0 Å². The highest BCUT2D eigenvalue weighted by atomic mass is 32.1. The molecule has 72 valence electrons. The van der Waals surface area contributed by atoms with E-state index in [1.807, 2.05) is 25.1 Å². The lowest BCUT2D eigenvalue weighted by atomic mass is 10.2. The Labute approximate surface area is 85.2 Å². The van der Waals surface area contributed by atoms with Crippen LogP contribution >= 0.6 is 11.5 Å². The lowest BCUT2D eigenvalue weighted by molar-refractivity contribution is 0.326. The van der Waals surface area contributed by atoms with Crippen LogP contribution in [0.25, 0.3) is 10.2 Å². The van der Waals surface area contributed by atoms with Gasteiger partial charge in [0.15, 0.2) is 0 Å². The smallest absolute Gasteiger partial charge is 0.214 e. The Bertz CT molecular complexity index is 466. The Morgan fingerprint density at radius 2 is 2.43 bits per heavy atom. The summed E-state index contributed by atoms with van der Waals surface area (Å²) in [5.74, 6) is 0.184. The minimum Gasteiger partial charge on any atom is -0.478 e. The topological polar surface area (TPSA) is 58.9 Å². The van der Waals surface area contributed by atoms with E-state index in [0.717, 1.165) is 15.8 Å². The number of nitrogens with zero attached hydrogens (tertiary/aromatic N) is 2. The molecule has 0 aliphatic heterocycles. The molecule has 2 rings (SSSR count). The molecular weight excluding hydrogens is 198 g/mol. The first kappa shape index (κ1) is 9.08. The van der Waals surface area contributed by atoms with Crippen LogP contribution in [0, 0.1) is 5.41 Å². The molecule has 0 fully saturated rings. The summed E-state index contributed by atoms with van der Waals surface area (Å²) in [6.07, 6.45) is 0. The van der Waals surface area contributed by atoms with Crippen LogP contribution in [0.5, 0.6) is 0 Å². The fourth-order valence-electron chi connectivity index (χ4n) is 1.21. The van der Waals surface area contributed by atoms with Gasteiger partial charge in [0.2, 0.25) is 5.90 Å². The third kappa shape index (κ3) is 1.46. The van der Waals surface area contributed by atoms with Gasteiger partial charge in [0.25, 0.3) is 0 Å². The largest absolute Gasteiger partial charge is 0.478 e. The Balaban J connectivity index is 2.50. The Morgan fingerprint density at radius 3 is 3.21 bits per heavy atom. The highest BCUT2D eigenvalue weighted by Gasteiger charge is 2.09. The predicted octanol–water partition coefficient (Wildman–Crippen LogP) is 2.05. The molecule has 4 nitrogen and oxygen atoms in total. The van der Waals surface area contributed by atoms with Crippen molar-refractivity contribution in [3.8, 4) is 0 Å². The molecule has 1 aromatic carbocycles. The molecular formula is C9H9N3OS. The average Bonchev–Trinajstić information content (AvgIpc) is 2.65. The lowest BCUT2D eigenvalue weighted by Crippen LogP contribution is -2.04. The van der Waals surface area contributed by atoms with E-state index < -0.39 is 0 Å². The number of rotatable bonds is 2. The summed E-state index contributed by atoms with van der Waals surface area (Å²) in [4.78, 5) is 0. The highest BCUT2D eigenvalue weighted by molar-refractivity contribution is 7.13. The van der Waals surface area contributed by atoms with Gasteiger partial charge in [-0.1, -0.05) is 10.6 Å². The van der Waals surface area contributed by atoms with Gasteiger partial charge in [-0.2, -0.15) is 0 Å². The number of aromatic nitrogens is 2. The molecule has 0 unspecified atom stereocenters. The van der Waals surface area contributed by atoms with Gasteiger partial charge in [-0.05, 0) is 30.6 Å². The van der Waals surface area contributed by atoms with Crippen LogP contribution in [0.1, 0.15) is 12.5 Å². The molecule has 0 spiro atoms. The first-order chi connectivity index (χ1) is 6.83. The van der Waals surface area contributed by atoms with Crippen molar-refractivity contribution in [1.82, 2.24) is 9.59 Å². The molecule has 1 aromatic heterocycles. The minimum absolute atomic E-state index is 0.184. The van der Waals surface area contributed by atoms with E-state index >= 15 is 0 Å². The van der Waals surface area contributed by atoms with Crippen LogP contribution in [-0.2, 0) is 4.74 Å². The van der Waals surface area contributed by atoms with Crippen molar-refractivity contribution in [1.29, 1.82) is 5.41 Å². The molecule has 5 heteroatoms. The Kier molecular flexibility index (Phi) is 2.41. The second kappa shape index (κ2) is 3.71. The van der Waals surface area contributed by atoms with Crippen molar-refractivity contribution in [2.24, 2.45) is 0 Å². The van der Waals surface area contributed by atoms with Crippen molar-refractivity contribution in [2.45, 2.75) is 6.92 Å². The van der Waals surface area contributed by atoms with Gasteiger partial charge in [0.05, 0.1) is 16.9 Å². The molecule has 0 saturated carbocycles. The molecule has 0 aliphatic carbocycles. The maximum absolute atomic E-state index is 7.68. The van der Waals surface area contributed by atoms with Gasteiger partial charge < -0.3 is 4.74 Å². The van der Waals surface area contributed by atoms with Crippen molar-refractivity contribution < 1.29 is 4.74 Å². The van der Waals surface area contributed by atoms with Crippen molar-refractivity contribution in [3.05, 3.63) is 23.8 Å². The van der Waals surface area contributed by atoms with Crippen molar-refractivity contribution >= 4 is 27.6 Å². The van der Waals surface area contributed by atoms with Crippen LogP contribution < -0.4 is 0 Å². The molecule has 0 radical (unpaired) electrons. The second-order valence-corrected chi connectivity index (χ2v) is 3.44. The predicted molar refractivity (Wildman–Crippen MR) is 55.9 cm³/mol. The summed E-state index contributed by atoms with van der Waals surface area (Å²) in [7, 11) is 0. The van der Waals surface area contributed by atoms with Gasteiger partial charge in [-0.15, -0.1) is 5.10 Å². The maximum Gasteiger partial charge on any atom is 0.214 e. The Morgan fingerprint density at radius 1 is 1.57 bits per heavy atom. The fourth-order valence-corrected chi connectivity index (χ4v) is 1.88. The van der Waals surface area contributed by atoms with E-state index in [1.54, 1.807) is 0 Å². The van der Waals surface area contributed by atoms with E-state index in [2.05, 4.69) is 9.59 Å². The first-order valence-corrected chi connectivity index (χ1v) is 5.03. The quantitative estimate of drug-likeness (QED) is 0.605. The molecule has 0 aliphatic rings. The van der Waals surface area contributed by atoms with Crippen molar-refractivity contribution in [3.63, 3.8) is 0 Å². The lowest BCUT2D eigenvalue weighted by Gasteiger charge is -2.04. The number of ether oxygens (including phenoxy) is 1. The maximum atomic E-state index is 7.68. The van der Waals surface area contributed by atoms with E-state index in [-0.39, 0.29) is 5.90 Å². The number of benzene rings is 1. The molecule has 1 N–H and O–H groups in total. The van der Waals surface area contributed by atoms with Crippen LogP contribution in [-0.4, -0.2) is 22.1 Å². The fraction of sp³-hybridized carbons (Fsp3) is 0.222. The zero-order chi connectivity index (χ0) is 9.97. The molecule has 0 atom stereocenters. The van der Waals surface area contributed by atoms with Crippen LogP contribution in [0.4, 0.5) is 0 Å². The first-order valence-electron chi connectivity index (χ1n) is 4.25. The van der Waals surface area contributed by atoms with E-state index in [9.17, 15) is 0 Å². The molecule has 1 heterocycles. The minimum atomic E-state index is 0.184. The van der Waals surface area contributed by atoms with Crippen LogP contribution in [0.15, 0.2) is 18.2 Å². The van der Waals surface area contributed by atoms with Crippen LogP contribution in [0.2, 0.25) is 0 Å². The summed E-state index contributed by atoms with van der Waals surface area (Å²) in [5.41, 5.74) is 1.58. The molecule has 0 amide bonds. The average molecular weight is 207 g/mol. The zero-order valence-corrected chi connectivity index (χ0v) is 8.47. The highest BCUT2D eigenvalue weighted by Crippen LogP contribution is 2.20. The third-order valence-corrected chi connectivity index (χ3v) is 2.58. The van der Waals surface area contributed by atoms with E-state index in [1.165, 1.54) is 11.5 Å². The van der Waals surface area contributed by atoms with Crippen LogP contribution in [0.3, 0.4) is 0 Å². The summed E-state index contributed by atoms with van der Waals surface area (Å²) in [6, 6.07) is 5.58. The number of hydrogen-bond donors (Lipinski definition) is 1. The summed E-state index contributed by atoms with van der Waals surface area (Å²) < 4.78 is 9.89. The molecule has 14 heavy (non-hydrogen) atoms.